The molecule has 1 amide bonds. The predicted octanol–water partition coefficient (Wildman–Crippen LogP) is -1.32. The minimum absolute atomic E-state index is 0. The van der Waals surface area contributed by atoms with Crippen molar-refractivity contribution in [1.29, 1.82) is 0 Å². The van der Waals surface area contributed by atoms with Crippen molar-refractivity contribution in [2.75, 3.05) is 12.3 Å². The van der Waals surface area contributed by atoms with Crippen molar-refractivity contribution in [1.82, 2.24) is 5.32 Å². The first-order valence-corrected chi connectivity index (χ1v) is 4.42. The zero-order valence-corrected chi connectivity index (χ0v) is 9.39. The normalized spacial score (nSPS) is 14.9. The fraction of sp³-hybridized carbons (Fsp3) is 0.800. The van der Waals surface area contributed by atoms with Crippen LogP contribution in [0.5, 0.6) is 0 Å². The van der Waals surface area contributed by atoms with Gasteiger partial charge in [0.25, 0.3) is 0 Å². The van der Waals surface area contributed by atoms with E-state index in [0.29, 0.717) is 0 Å². The fourth-order valence-electron chi connectivity index (χ4n) is 0.451. The standard InChI is InChI=1S/C5H11NO4S.Ca/c1-5(7)6-3-2-4-11(8,9)10;/h2-4H2,1H3,(H,6,7)(H,8,9,10);/q;+2/p-1/i1D3;. The zero-order valence-electron chi connectivity index (χ0n) is 9.37. The minimum Gasteiger partial charge on any atom is -0.748 e. The van der Waals surface area contributed by atoms with Gasteiger partial charge in [-0.05, 0) is 6.42 Å². The summed E-state index contributed by atoms with van der Waals surface area (Å²) in [5, 5.41) is 1.99. The second-order valence-corrected chi connectivity index (χ2v) is 3.39. The Hall–Kier alpha value is 0.640. The van der Waals surface area contributed by atoms with E-state index in [9.17, 15) is 17.8 Å². The van der Waals surface area contributed by atoms with E-state index in [2.05, 4.69) is 0 Å². The van der Waals surface area contributed by atoms with Crippen LogP contribution in [0.4, 0.5) is 0 Å². The summed E-state index contributed by atoms with van der Waals surface area (Å²) in [4.78, 5) is 10.7. The molecule has 66 valence electrons. The molecule has 0 aromatic heterocycles. The van der Waals surface area contributed by atoms with Crippen molar-refractivity contribution in [3.05, 3.63) is 0 Å². The molecule has 0 aliphatic carbocycles. The Morgan fingerprint density at radius 2 is 2.25 bits per heavy atom. The predicted molar refractivity (Wildman–Crippen MR) is 43.6 cm³/mol. The van der Waals surface area contributed by atoms with E-state index in [4.69, 9.17) is 4.11 Å². The summed E-state index contributed by atoms with van der Waals surface area (Å²) < 4.78 is 50.2. The van der Waals surface area contributed by atoms with Gasteiger partial charge in [-0.2, -0.15) is 0 Å². The van der Waals surface area contributed by atoms with Gasteiger partial charge in [0.2, 0.25) is 5.91 Å². The molecule has 7 heteroatoms. The summed E-state index contributed by atoms with van der Waals surface area (Å²) in [7, 11) is -4.30. The number of hydrogen-bond acceptors (Lipinski definition) is 4. The van der Waals surface area contributed by atoms with Gasteiger partial charge < -0.3 is 9.87 Å². The van der Waals surface area contributed by atoms with Crippen LogP contribution in [-0.2, 0) is 14.9 Å². The number of rotatable bonds is 4. The Bertz CT molecular complexity index is 302. The van der Waals surface area contributed by atoms with E-state index < -0.39 is 28.6 Å². The Morgan fingerprint density at radius 1 is 1.67 bits per heavy atom. The average Bonchev–Trinajstić information content (AvgIpc) is 1.93. The molecule has 0 saturated carbocycles. The van der Waals surface area contributed by atoms with Crippen LogP contribution in [-0.4, -0.2) is 68.9 Å². The van der Waals surface area contributed by atoms with Crippen LogP contribution >= 0.6 is 0 Å². The largest absolute Gasteiger partial charge is 2.00 e. The van der Waals surface area contributed by atoms with Gasteiger partial charge in [-0.25, -0.2) is 8.42 Å². The molecule has 0 fully saturated rings. The number of amides is 1. The molecule has 12 heavy (non-hydrogen) atoms. The Labute approximate surface area is 106 Å². The molecular formula is C5H10CaNO4S+. The molecule has 0 spiro atoms. The summed E-state index contributed by atoms with van der Waals surface area (Å²) in [5.74, 6) is -1.77. The van der Waals surface area contributed by atoms with Gasteiger partial charge in [0.15, 0.2) is 0 Å². The van der Waals surface area contributed by atoms with Crippen LogP contribution in [0.25, 0.3) is 0 Å². The monoisotopic (exact) mass is 223 g/mol. The molecular weight excluding hydrogens is 210 g/mol. The van der Waals surface area contributed by atoms with Crippen molar-refractivity contribution < 1.29 is 21.9 Å². The van der Waals surface area contributed by atoms with Gasteiger partial charge >= 0.3 is 37.7 Å². The van der Waals surface area contributed by atoms with Crippen molar-refractivity contribution in [3.63, 3.8) is 0 Å². The first kappa shape index (κ1) is 9.20. The summed E-state index contributed by atoms with van der Waals surface area (Å²) in [6.07, 6.45) is -0.0896. The third kappa shape index (κ3) is 13.2. The first-order chi connectivity index (χ1) is 6.13. The summed E-state index contributed by atoms with van der Waals surface area (Å²) >= 11 is 0. The van der Waals surface area contributed by atoms with Gasteiger partial charge in [0.05, 0.1) is 10.1 Å². The molecule has 0 aromatic rings. The van der Waals surface area contributed by atoms with Gasteiger partial charge in [-0.15, -0.1) is 0 Å². The topological polar surface area (TPSA) is 86.3 Å². The fourth-order valence-corrected chi connectivity index (χ4v) is 0.949. The number of carbonyl (C=O) groups is 1. The third-order valence-corrected chi connectivity index (χ3v) is 1.65. The molecule has 0 heterocycles. The van der Waals surface area contributed by atoms with Crippen molar-refractivity contribution in [3.8, 4) is 0 Å². The van der Waals surface area contributed by atoms with Crippen LogP contribution in [0.15, 0.2) is 0 Å². The van der Waals surface area contributed by atoms with Gasteiger partial charge in [0.1, 0.15) is 0 Å². The van der Waals surface area contributed by atoms with Crippen molar-refractivity contribution in [2.45, 2.75) is 13.3 Å². The van der Waals surface area contributed by atoms with Crippen LogP contribution in [0.1, 0.15) is 17.4 Å². The maximum atomic E-state index is 10.7. The summed E-state index contributed by atoms with van der Waals surface area (Å²) in [6, 6.07) is 0. The van der Waals surface area contributed by atoms with E-state index in [1.165, 1.54) is 0 Å². The molecule has 0 radical (unpaired) electrons. The van der Waals surface area contributed by atoms with Gasteiger partial charge in [-0.3, -0.25) is 4.79 Å². The molecule has 0 saturated heterocycles. The Kier molecular flexibility index (Phi) is 5.43. The number of nitrogens with one attached hydrogen (secondary N) is 1. The number of carbonyl (C=O) groups excluding carboxylic acids is 1. The van der Waals surface area contributed by atoms with Crippen molar-refractivity contribution in [2.24, 2.45) is 0 Å². The van der Waals surface area contributed by atoms with Crippen LogP contribution in [0, 0.1) is 0 Å². The summed E-state index contributed by atoms with van der Waals surface area (Å²) in [6.45, 7) is -2.88. The second-order valence-electron chi connectivity index (χ2n) is 1.87. The van der Waals surface area contributed by atoms with Crippen LogP contribution in [0.2, 0.25) is 0 Å². The van der Waals surface area contributed by atoms with E-state index in [1.54, 1.807) is 0 Å². The Morgan fingerprint density at radius 3 is 2.67 bits per heavy atom. The molecule has 0 aliphatic rings. The molecule has 0 rings (SSSR count). The molecule has 0 unspecified atom stereocenters. The molecule has 0 aliphatic heterocycles. The zero-order chi connectivity index (χ0) is 11.4. The van der Waals surface area contributed by atoms with E-state index >= 15 is 0 Å². The maximum Gasteiger partial charge on any atom is 2.00 e. The van der Waals surface area contributed by atoms with E-state index in [1.807, 2.05) is 5.32 Å². The third-order valence-electron chi connectivity index (χ3n) is 0.857. The Balaban J connectivity index is 0. The SMILES string of the molecule is [2H]C([2H])([2H])C(=O)NCCCS(=O)(=O)[O-].[Ca+2]. The maximum absolute atomic E-state index is 10.7. The van der Waals surface area contributed by atoms with E-state index in [-0.39, 0.29) is 50.7 Å². The van der Waals surface area contributed by atoms with Gasteiger partial charge in [0, 0.05) is 23.3 Å². The number of hydrogen-bond donors (Lipinski definition) is 1. The second kappa shape index (κ2) is 7.08. The van der Waals surface area contributed by atoms with Gasteiger partial charge in [-0.1, -0.05) is 0 Å². The van der Waals surface area contributed by atoms with Crippen molar-refractivity contribution >= 4 is 53.8 Å². The molecule has 0 atom stereocenters. The quantitative estimate of drug-likeness (QED) is 0.364. The van der Waals surface area contributed by atoms with Crippen LogP contribution in [0.3, 0.4) is 0 Å². The average molecular weight is 223 g/mol. The molecule has 1 N–H and O–H groups in total. The van der Waals surface area contributed by atoms with E-state index in [0.717, 1.165) is 0 Å². The molecule has 0 aromatic carbocycles. The van der Waals surface area contributed by atoms with Crippen LogP contribution < -0.4 is 5.32 Å². The summed E-state index contributed by atoms with van der Waals surface area (Å²) in [5.41, 5.74) is 0. The molecule has 0 bridgehead atoms. The molecule has 5 nitrogen and oxygen atoms in total. The first-order valence-electron chi connectivity index (χ1n) is 4.35. The minimum atomic E-state index is -4.30. The smallest absolute Gasteiger partial charge is 0.748 e.